The highest BCUT2D eigenvalue weighted by Gasteiger charge is 2.34. The third-order valence-corrected chi connectivity index (χ3v) is 5.92. The van der Waals surface area contributed by atoms with Gasteiger partial charge in [0, 0.05) is 24.2 Å². The highest BCUT2D eigenvalue weighted by Crippen LogP contribution is 2.33. The number of aromatic nitrogens is 3. The van der Waals surface area contributed by atoms with Crippen molar-refractivity contribution in [3.05, 3.63) is 65.1 Å². The first-order valence-electron chi connectivity index (χ1n) is 9.79. The number of amides is 1. The summed E-state index contributed by atoms with van der Waals surface area (Å²) < 4.78 is 15.6. The average molecular weight is 392 g/mol. The largest absolute Gasteiger partial charge is 0.393 e. The minimum atomic E-state index is -0.358. The second-order valence-corrected chi connectivity index (χ2v) is 7.94. The molecule has 1 fully saturated rings. The Hall–Kier alpha value is -3.06. The van der Waals surface area contributed by atoms with E-state index in [4.69, 9.17) is 0 Å². The van der Waals surface area contributed by atoms with Crippen LogP contribution >= 0.6 is 0 Å². The van der Waals surface area contributed by atoms with Crippen LogP contribution < -0.4 is 0 Å². The maximum absolute atomic E-state index is 14.1. The molecular weight excluding hydrogens is 371 g/mol. The standard InChI is InChI=1S/C22H21FN4O2/c1-13-21(24-25-27(13)20-5-3-2-4-19(20)23)15-6-7-18-16(10-15)12-26(22(18)29)11-14-8-17(28)9-14/h2-7,10,14,17,28H,8-9,11-12H2,1H3/t14-,17-. The number of aliphatic hydroxyl groups is 1. The molecule has 1 amide bonds. The molecule has 2 heterocycles. The lowest BCUT2D eigenvalue weighted by Gasteiger charge is -2.34. The fourth-order valence-electron chi connectivity index (χ4n) is 4.29. The van der Waals surface area contributed by atoms with Crippen LogP contribution in [0, 0.1) is 18.7 Å². The number of aliphatic hydroxyl groups excluding tert-OH is 1. The van der Waals surface area contributed by atoms with Crippen LogP contribution in [-0.4, -0.2) is 43.6 Å². The summed E-state index contributed by atoms with van der Waals surface area (Å²) in [7, 11) is 0. The molecule has 7 heteroatoms. The van der Waals surface area contributed by atoms with Crippen molar-refractivity contribution in [2.75, 3.05) is 6.54 Å². The number of hydrogen-bond acceptors (Lipinski definition) is 4. The zero-order chi connectivity index (χ0) is 20.1. The quantitative estimate of drug-likeness (QED) is 0.741. The fraction of sp³-hybridized carbons (Fsp3) is 0.318. The molecule has 1 N–H and O–H groups in total. The Morgan fingerprint density at radius 3 is 2.76 bits per heavy atom. The lowest BCUT2D eigenvalue weighted by atomic mass is 9.82. The van der Waals surface area contributed by atoms with Crippen molar-refractivity contribution in [2.24, 2.45) is 5.92 Å². The molecule has 1 aliphatic heterocycles. The molecule has 0 atom stereocenters. The number of rotatable bonds is 4. The minimum absolute atomic E-state index is 0.0414. The maximum atomic E-state index is 14.1. The number of carbonyl (C=O) groups excluding carboxylic acids is 1. The van der Waals surface area contributed by atoms with Crippen molar-refractivity contribution >= 4 is 5.91 Å². The molecule has 0 radical (unpaired) electrons. The molecule has 6 nitrogen and oxygen atoms in total. The summed E-state index contributed by atoms with van der Waals surface area (Å²) in [6, 6.07) is 12.1. The topological polar surface area (TPSA) is 71.2 Å². The van der Waals surface area contributed by atoms with E-state index in [-0.39, 0.29) is 17.8 Å². The van der Waals surface area contributed by atoms with Gasteiger partial charge >= 0.3 is 0 Å². The van der Waals surface area contributed by atoms with Gasteiger partial charge in [0.15, 0.2) is 0 Å². The molecule has 0 saturated heterocycles. The molecule has 148 valence electrons. The molecule has 2 aromatic carbocycles. The van der Waals surface area contributed by atoms with Gasteiger partial charge in [-0.15, -0.1) is 5.10 Å². The Bertz CT molecular complexity index is 1100. The van der Waals surface area contributed by atoms with E-state index in [1.807, 2.05) is 30.0 Å². The van der Waals surface area contributed by atoms with Crippen molar-refractivity contribution in [2.45, 2.75) is 32.4 Å². The molecule has 29 heavy (non-hydrogen) atoms. The predicted octanol–water partition coefficient (Wildman–Crippen LogP) is 3.11. The Morgan fingerprint density at radius 2 is 2.00 bits per heavy atom. The minimum Gasteiger partial charge on any atom is -0.393 e. The second kappa shape index (κ2) is 6.77. The van der Waals surface area contributed by atoms with Crippen LogP contribution in [0.3, 0.4) is 0 Å². The van der Waals surface area contributed by atoms with Gasteiger partial charge < -0.3 is 10.0 Å². The monoisotopic (exact) mass is 392 g/mol. The van der Waals surface area contributed by atoms with E-state index >= 15 is 0 Å². The zero-order valence-corrected chi connectivity index (χ0v) is 16.0. The van der Waals surface area contributed by atoms with Crippen molar-refractivity contribution in [1.82, 2.24) is 19.9 Å². The number of para-hydroxylation sites is 1. The summed E-state index contributed by atoms with van der Waals surface area (Å²) in [5.74, 6) is 0.0636. The Balaban J connectivity index is 1.42. The third-order valence-electron chi connectivity index (χ3n) is 5.92. The van der Waals surface area contributed by atoms with Gasteiger partial charge in [-0.2, -0.15) is 0 Å². The number of fused-ring (bicyclic) bond motifs is 1. The first kappa shape index (κ1) is 18.0. The summed E-state index contributed by atoms with van der Waals surface area (Å²) in [5.41, 5.74) is 4.30. The molecule has 0 spiro atoms. The van der Waals surface area contributed by atoms with E-state index in [1.54, 1.807) is 18.2 Å². The highest BCUT2D eigenvalue weighted by molar-refractivity contribution is 5.99. The number of halogens is 1. The number of carbonyl (C=O) groups is 1. The molecule has 0 bridgehead atoms. The van der Waals surface area contributed by atoms with E-state index in [2.05, 4.69) is 10.3 Å². The van der Waals surface area contributed by atoms with E-state index < -0.39 is 0 Å². The van der Waals surface area contributed by atoms with Crippen LogP contribution in [-0.2, 0) is 6.54 Å². The summed E-state index contributed by atoms with van der Waals surface area (Å²) >= 11 is 0. The molecular formula is C22H21FN4O2. The summed E-state index contributed by atoms with van der Waals surface area (Å²) in [6.45, 7) is 3.10. The van der Waals surface area contributed by atoms with Crippen molar-refractivity contribution < 1.29 is 14.3 Å². The van der Waals surface area contributed by atoms with Gasteiger partial charge in [-0.3, -0.25) is 4.79 Å². The third kappa shape index (κ3) is 3.02. The van der Waals surface area contributed by atoms with E-state index in [0.29, 0.717) is 36.0 Å². The Kier molecular flexibility index (Phi) is 4.20. The van der Waals surface area contributed by atoms with Gasteiger partial charge in [-0.1, -0.05) is 23.4 Å². The van der Waals surface area contributed by atoms with Crippen LogP contribution in [0.4, 0.5) is 4.39 Å². The van der Waals surface area contributed by atoms with Gasteiger partial charge in [0.05, 0.1) is 11.8 Å². The second-order valence-electron chi connectivity index (χ2n) is 7.94. The molecule has 0 unspecified atom stereocenters. The van der Waals surface area contributed by atoms with Crippen molar-refractivity contribution in [1.29, 1.82) is 0 Å². The molecule has 5 rings (SSSR count). The highest BCUT2D eigenvalue weighted by atomic mass is 19.1. The molecule has 2 aliphatic rings. The smallest absolute Gasteiger partial charge is 0.254 e. The van der Waals surface area contributed by atoms with E-state index in [9.17, 15) is 14.3 Å². The van der Waals surface area contributed by atoms with Gasteiger partial charge in [0.1, 0.15) is 17.2 Å². The lowest BCUT2D eigenvalue weighted by Crippen LogP contribution is -2.38. The van der Waals surface area contributed by atoms with E-state index in [1.165, 1.54) is 10.7 Å². The van der Waals surface area contributed by atoms with Crippen molar-refractivity contribution in [3.8, 4) is 16.9 Å². The first-order valence-corrected chi connectivity index (χ1v) is 9.79. The van der Waals surface area contributed by atoms with Crippen LogP contribution in [0.5, 0.6) is 0 Å². The molecule has 3 aromatic rings. The number of hydrogen-bond donors (Lipinski definition) is 1. The van der Waals surface area contributed by atoms with Crippen LogP contribution in [0.25, 0.3) is 16.9 Å². The maximum Gasteiger partial charge on any atom is 0.254 e. The van der Waals surface area contributed by atoms with Crippen LogP contribution in [0.2, 0.25) is 0 Å². The normalized spacial score (nSPS) is 20.7. The Labute approximate surface area is 167 Å². The molecule has 1 aromatic heterocycles. The van der Waals surface area contributed by atoms with Crippen LogP contribution in [0.15, 0.2) is 42.5 Å². The summed E-state index contributed by atoms with van der Waals surface area (Å²) in [5, 5.41) is 17.9. The zero-order valence-electron chi connectivity index (χ0n) is 16.0. The first-order chi connectivity index (χ1) is 14.0. The lowest BCUT2D eigenvalue weighted by molar-refractivity contribution is 0.0234. The van der Waals surface area contributed by atoms with Gasteiger partial charge in [-0.05, 0) is 55.5 Å². The molecule has 1 aliphatic carbocycles. The summed E-state index contributed by atoms with van der Waals surface area (Å²) in [6.07, 6.45) is 1.32. The van der Waals surface area contributed by atoms with E-state index in [0.717, 1.165) is 29.7 Å². The molecule has 1 saturated carbocycles. The van der Waals surface area contributed by atoms with Gasteiger partial charge in [0.25, 0.3) is 5.91 Å². The Morgan fingerprint density at radius 1 is 1.21 bits per heavy atom. The number of nitrogens with zero attached hydrogens (tertiary/aromatic N) is 4. The predicted molar refractivity (Wildman–Crippen MR) is 105 cm³/mol. The average Bonchev–Trinajstić information content (AvgIpc) is 3.21. The van der Waals surface area contributed by atoms with Gasteiger partial charge in [0.2, 0.25) is 0 Å². The fourth-order valence-corrected chi connectivity index (χ4v) is 4.29. The SMILES string of the molecule is Cc1c(-c2ccc3c(c2)CN(C[C@H]2C[C@H](O)C2)C3=O)nnn1-c1ccccc1F. The van der Waals surface area contributed by atoms with Crippen molar-refractivity contribution in [3.63, 3.8) is 0 Å². The van der Waals surface area contributed by atoms with Crippen LogP contribution in [0.1, 0.15) is 34.5 Å². The number of benzene rings is 2. The summed E-state index contributed by atoms with van der Waals surface area (Å²) in [4.78, 5) is 14.5. The van der Waals surface area contributed by atoms with Gasteiger partial charge in [-0.25, -0.2) is 9.07 Å².